The summed E-state index contributed by atoms with van der Waals surface area (Å²) in [5.74, 6) is -15.6. The van der Waals surface area contributed by atoms with Crippen LogP contribution in [0.25, 0.3) is 0 Å². The molecule has 0 radical (unpaired) electrons. The molecule has 18 heteroatoms. The molecule has 61 heavy (non-hydrogen) atoms. The molecule has 1 aromatic carbocycles. The van der Waals surface area contributed by atoms with Gasteiger partial charge in [-0.25, -0.2) is 27.7 Å². The zero-order valence-corrected chi connectivity index (χ0v) is 37.8. The van der Waals surface area contributed by atoms with Gasteiger partial charge in [-0.15, -0.1) is 11.3 Å². The number of likely N-dealkylation sites (tertiary alicyclic amines) is 1. The molecule has 1 aliphatic heterocycles. The Kier molecular flexibility index (Phi) is 20.3. The molecule has 1 aliphatic rings. The Labute approximate surface area is 360 Å². The number of hydrogen-bond donors (Lipinski definition) is 2. The Morgan fingerprint density at radius 1 is 0.951 bits per heavy atom. The van der Waals surface area contributed by atoms with Crippen LogP contribution in [0.4, 0.5) is 26.7 Å². The van der Waals surface area contributed by atoms with Crippen LogP contribution in [-0.2, 0) is 19.1 Å². The smallest absolute Gasteiger partial charge is 0.407 e. The van der Waals surface area contributed by atoms with Crippen molar-refractivity contribution in [3.8, 4) is 5.75 Å². The van der Waals surface area contributed by atoms with Gasteiger partial charge in [0.25, 0.3) is 0 Å². The van der Waals surface area contributed by atoms with Crippen molar-refractivity contribution >= 4 is 35.2 Å². The summed E-state index contributed by atoms with van der Waals surface area (Å²) in [4.78, 5) is 62.5. The Bertz CT molecular complexity index is 1750. The monoisotopic (exact) mass is 889 g/mol. The zero-order valence-electron chi connectivity index (χ0n) is 36.9. The summed E-state index contributed by atoms with van der Waals surface area (Å²) < 4.78 is 85.9. The van der Waals surface area contributed by atoms with E-state index in [1.165, 1.54) is 5.38 Å². The number of benzene rings is 1. The summed E-state index contributed by atoms with van der Waals surface area (Å²) in [6.07, 6.45) is 5.32. The lowest BCUT2D eigenvalue weighted by atomic mass is 9.91. The van der Waals surface area contributed by atoms with Crippen molar-refractivity contribution < 1.29 is 55.3 Å². The molecule has 0 saturated carbocycles. The van der Waals surface area contributed by atoms with Gasteiger partial charge in [0.05, 0.1) is 6.04 Å². The Hall–Kier alpha value is -3.90. The number of carbonyl (C=O) groups excluding carboxylic acids is 4. The zero-order chi connectivity index (χ0) is 45.6. The van der Waals surface area contributed by atoms with Crippen LogP contribution in [0.3, 0.4) is 0 Å². The molecule has 1 unspecified atom stereocenters. The van der Waals surface area contributed by atoms with Crippen molar-refractivity contribution in [1.82, 2.24) is 25.4 Å². The minimum absolute atomic E-state index is 0.128. The van der Waals surface area contributed by atoms with Gasteiger partial charge in [0.15, 0.2) is 5.69 Å². The van der Waals surface area contributed by atoms with E-state index in [1.807, 2.05) is 37.5 Å². The van der Waals surface area contributed by atoms with Gasteiger partial charge in [0.1, 0.15) is 22.8 Å². The van der Waals surface area contributed by atoms with Crippen molar-refractivity contribution in [1.29, 1.82) is 0 Å². The van der Waals surface area contributed by atoms with E-state index in [0.717, 1.165) is 43.4 Å². The fourth-order valence-electron chi connectivity index (χ4n) is 7.20. The predicted molar refractivity (Wildman–Crippen MR) is 222 cm³/mol. The van der Waals surface area contributed by atoms with E-state index in [2.05, 4.69) is 27.3 Å². The second-order valence-electron chi connectivity index (χ2n) is 16.8. The van der Waals surface area contributed by atoms with E-state index in [9.17, 15) is 41.1 Å². The molecule has 344 valence electrons. The first-order valence-electron chi connectivity index (χ1n) is 21.4. The predicted octanol–water partition coefficient (Wildman–Crippen LogP) is 8.87. The van der Waals surface area contributed by atoms with Crippen molar-refractivity contribution in [2.75, 3.05) is 32.8 Å². The number of esters is 1. The van der Waals surface area contributed by atoms with Gasteiger partial charge in [-0.2, -0.15) is 8.78 Å². The Morgan fingerprint density at radius 3 is 2.20 bits per heavy atom. The molecule has 0 spiro atoms. The number of unbranched alkanes of at least 4 members (excludes halogenated alkanes) is 3. The van der Waals surface area contributed by atoms with E-state index in [0.29, 0.717) is 38.9 Å². The summed E-state index contributed by atoms with van der Waals surface area (Å²) in [6, 6.07) is -1.82. The van der Waals surface area contributed by atoms with Crippen molar-refractivity contribution in [3.05, 3.63) is 45.2 Å². The van der Waals surface area contributed by atoms with Gasteiger partial charge in [0.2, 0.25) is 46.6 Å². The third-order valence-corrected chi connectivity index (χ3v) is 11.6. The molecule has 3 rings (SSSR count). The maximum atomic E-state index is 15.0. The number of aromatic nitrogens is 1. The van der Waals surface area contributed by atoms with Crippen molar-refractivity contribution in [3.63, 3.8) is 0 Å². The molecule has 1 saturated heterocycles. The lowest BCUT2D eigenvalue weighted by Crippen LogP contribution is -2.59. The fraction of sp³-hybridized carbons (Fsp3) is 0.698. The van der Waals surface area contributed by atoms with Crippen LogP contribution in [0.2, 0.25) is 0 Å². The highest BCUT2D eigenvalue weighted by molar-refractivity contribution is 7.09. The summed E-state index contributed by atoms with van der Waals surface area (Å²) >= 11 is 0.973. The van der Waals surface area contributed by atoms with E-state index in [-0.39, 0.29) is 48.2 Å². The van der Waals surface area contributed by atoms with E-state index in [1.54, 1.807) is 27.7 Å². The SMILES string of the molecule is CCCCCCN(C(=O)[C@@H](NC(=O)C1CCCCN1CCNC(=O)OC(C)(C)C)[C@@H](C)CC)[C@H](C[C@@H](OCC)c1nc(C(=O)Oc2c(F)c(F)c(F)c(F)c2F)cs1)C(C)C. The molecule has 2 heterocycles. The summed E-state index contributed by atoms with van der Waals surface area (Å²) in [5, 5.41) is 7.40. The molecule has 2 aromatic rings. The minimum atomic E-state index is -2.39. The molecule has 5 atom stereocenters. The highest BCUT2D eigenvalue weighted by Crippen LogP contribution is 2.33. The lowest BCUT2D eigenvalue weighted by molar-refractivity contribution is -0.143. The van der Waals surface area contributed by atoms with Crippen molar-refractivity contribution in [2.45, 2.75) is 150 Å². The van der Waals surface area contributed by atoms with Crippen LogP contribution in [0.5, 0.6) is 5.75 Å². The normalized spacial score (nSPS) is 16.7. The third-order valence-electron chi connectivity index (χ3n) is 10.7. The standard InChI is InChI=1S/C43H64F5N5O7S/c1-10-13-14-16-21-53(40(55)36(26(6)11-2)51-38(54)28-18-15-17-20-52(28)22-19-49-42(57)60-43(7,8)9)29(25(4)5)23-30(58-12-3)39-50-27(24-61-39)41(56)59-37-34(47)32(45)31(44)33(46)35(37)48/h24-26,28-30,36H,10-23H2,1-9H3,(H,49,57)(H,51,54)/t26-,28?,29+,30+,36-/m0/s1. The summed E-state index contributed by atoms with van der Waals surface area (Å²) in [5.41, 5.74) is -1.09. The first-order chi connectivity index (χ1) is 28.8. The number of amides is 3. The van der Waals surface area contributed by atoms with Crippen LogP contribution in [0.1, 0.15) is 142 Å². The number of hydrogen-bond acceptors (Lipinski definition) is 10. The second-order valence-corrected chi connectivity index (χ2v) is 17.7. The summed E-state index contributed by atoms with van der Waals surface area (Å²) in [7, 11) is 0. The molecule has 0 bridgehead atoms. The first-order valence-corrected chi connectivity index (χ1v) is 22.3. The van der Waals surface area contributed by atoms with Crippen LogP contribution in [-0.4, -0.2) is 95.2 Å². The number of rotatable bonds is 22. The molecular formula is C43H64F5N5O7S. The highest BCUT2D eigenvalue weighted by Gasteiger charge is 2.39. The quantitative estimate of drug-likeness (QED) is 0.0297. The molecule has 1 aromatic heterocycles. The van der Waals surface area contributed by atoms with Gasteiger partial charge < -0.3 is 29.7 Å². The van der Waals surface area contributed by atoms with Gasteiger partial charge >= 0.3 is 12.1 Å². The highest BCUT2D eigenvalue weighted by atomic mass is 32.1. The van der Waals surface area contributed by atoms with Gasteiger partial charge in [0, 0.05) is 44.1 Å². The summed E-state index contributed by atoms with van der Waals surface area (Å²) in [6.45, 7) is 19.0. The molecule has 2 N–H and O–H groups in total. The molecular weight excluding hydrogens is 826 g/mol. The van der Waals surface area contributed by atoms with Crippen LogP contribution >= 0.6 is 11.3 Å². The van der Waals surface area contributed by atoms with Crippen molar-refractivity contribution in [2.24, 2.45) is 11.8 Å². The minimum Gasteiger partial charge on any atom is -0.444 e. The number of ether oxygens (including phenoxy) is 3. The number of thiazole rings is 1. The van der Waals surface area contributed by atoms with Crippen LogP contribution < -0.4 is 15.4 Å². The lowest BCUT2D eigenvalue weighted by Gasteiger charge is -2.40. The van der Waals surface area contributed by atoms with Gasteiger partial charge in [-0.1, -0.05) is 66.7 Å². The largest absolute Gasteiger partial charge is 0.444 e. The maximum absolute atomic E-state index is 15.0. The average Bonchev–Trinajstić information content (AvgIpc) is 3.71. The number of nitrogens with one attached hydrogen (secondary N) is 2. The fourth-order valence-corrected chi connectivity index (χ4v) is 8.05. The molecule has 0 aliphatic carbocycles. The molecule has 1 fully saturated rings. The topological polar surface area (TPSA) is 139 Å². The maximum Gasteiger partial charge on any atom is 0.407 e. The number of carbonyl (C=O) groups is 4. The van der Waals surface area contributed by atoms with Crippen LogP contribution in [0.15, 0.2) is 5.38 Å². The van der Waals surface area contributed by atoms with E-state index >= 15 is 0 Å². The number of piperidine rings is 1. The van der Waals surface area contributed by atoms with E-state index < -0.39 is 82.4 Å². The third kappa shape index (κ3) is 14.6. The Balaban J connectivity index is 1.89. The van der Waals surface area contributed by atoms with Gasteiger partial charge in [-0.05, 0) is 65.3 Å². The molecule has 12 nitrogen and oxygen atoms in total. The number of halogens is 5. The van der Waals surface area contributed by atoms with Gasteiger partial charge in [-0.3, -0.25) is 14.5 Å². The molecule has 3 amide bonds. The Morgan fingerprint density at radius 2 is 1.61 bits per heavy atom. The first kappa shape index (κ1) is 51.5. The van der Waals surface area contributed by atoms with E-state index in [4.69, 9.17) is 9.47 Å². The number of nitrogens with zero attached hydrogens (tertiary/aromatic N) is 3. The number of alkyl carbamates (subject to hydrolysis) is 1. The second kappa shape index (κ2) is 24.1. The average molecular weight is 890 g/mol. The van der Waals surface area contributed by atoms with Crippen LogP contribution in [0, 0.1) is 40.9 Å².